The summed E-state index contributed by atoms with van der Waals surface area (Å²) >= 11 is 3.41. The summed E-state index contributed by atoms with van der Waals surface area (Å²) in [6, 6.07) is 6.06. The van der Waals surface area contributed by atoms with Gasteiger partial charge < -0.3 is 10.5 Å². The molecule has 4 nitrogen and oxygen atoms in total. The Kier molecular flexibility index (Phi) is 3.05. The molecule has 5 heteroatoms. The van der Waals surface area contributed by atoms with Crippen molar-refractivity contribution in [1.29, 1.82) is 0 Å². The van der Waals surface area contributed by atoms with Crippen molar-refractivity contribution >= 4 is 21.6 Å². The first-order valence-corrected chi connectivity index (χ1v) is 5.46. The van der Waals surface area contributed by atoms with Crippen molar-refractivity contribution in [3.05, 3.63) is 40.6 Å². The molecule has 1 aromatic heterocycles. The zero-order valence-electron chi connectivity index (χ0n) is 8.64. The molecule has 0 unspecified atom stereocenters. The van der Waals surface area contributed by atoms with E-state index in [2.05, 4.69) is 25.9 Å². The molecule has 0 atom stereocenters. The maximum Gasteiger partial charge on any atom is 0.322 e. The van der Waals surface area contributed by atoms with Crippen LogP contribution < -0.4 is 10.5 Å². The van der Waals surface area contributed by atoms with Gasteiger partial charge in [0.05, 0.1) is 22.6 Å². The fraction of sp³-hybridized carbons (Fsp3) is 0.0909. The van der Waals surface area contributed by atoms with Gasteiger partial charge in [0, 0.05) is 0 Å². The standard InChI is InChI=1S/C11H10BrN3O/c1-7-2-3-10(9(12)4-7)16-11-14-5-8(13)6-15-11/h2-6H,13H2,1H3. The summed E-state index contributed by atoms with van der Waals surface area (Å²) in [5, 5.41) is 0. The second-order valence-corrected chi connectivity index (χ2v) is 4.19. The van der Waals surface area contributed by atoms with E-state index >= 15 is 0 Å². The third-order valence-electron chi connectivity index (χ3n) is 1.94. The molecular formula is C11H10BrN3O. The number of ether oxygens (including phenoxy) is 1. The highest BCUT2D eigenvalue weighted by atomic mass is 79.9. The summed E-state index contributed by atoms with van der Waals surface area (Å²) in [6.45, 7) is 2.01. The molecule has 2 N–H and O–H groups in total. The first-order valence-electron chi connectivity index (χ1n) is 4.66. The minimum absolute atomic E-state index is 0.277. The molecule has 16 heavy (non-hydrogen) atoms. The van der Waals surface area contributed by atoms with Crippen molar-refractivity contribution in [2.45, 2.75) is 6.92 Å². The number of aryl methyl sites for hydroxylation is 1. The third-order valence-corrected chi connectivity index (χ3v) is 2.56. The number of nitrogen functional groups attached to an aromatic ring is 1. The average molecular weight is 280 g/mol. The number of rotatable bonds is 2. The van der Waals surface area contributed by atoms with Gasteiger partial charge >= 0.3 is 6.01 Å². The first kappa shape index (κ1) is 10.9. The molecule has 1 aromatic carbocycles. The summed E-state index contributed by atoms with van der Waals surface area (Å²) in [5.41, 5.74) is 7.14. The lowest BCUT2D eigenvalue weighted by Crippen LogP contribution is -1.94. The van der Waals surface area contributed by atoms with Gasteiger partial charge in [-0.2, -0.15) is 0 Å². The zero-order chi connectivity index (χ0) is 11.5. The van der Waals surface area contributed by atoms with Crippen molar-refractivity contribution < 1.29 is 4.74 Å². The Morgan fingerprint density at radius 2 is 1.94 bits per heavy atom. The number of nitrogens with zero attached hydrogens (tertiary/aromatic N) is 2. The molecule has 2 aromatic rings. The van der Waals surface area contributed by atoms with E-state index in [4.69, 9.17) is 10.5 Å². The predicted molar refractivity (Wildman–Crippen MR) is 65.4 cm³/mol. The Morgan fingerprint density at radius 3 is 2.56 bits per heavy atom. The van der Waals surface area contributed by atoms with Gasteiger partial charge in [-0.1, -0.05) is 6.07 Å². The van der Waals surface area contributed by atoms with E-state index in [-0.39, 0.29) is 6.01 Å². The summed E-state index contributed by atoms with van der Waals surface area (Å²) in [4.78, 5) is 7.92. The monoisotopic (exact) mass is 279 g/mol. The van der Waals surface area contributed by atoms with Crippen LogP contribution in [-0.4, -0.2) is 9.97 Å². The highest BCUT2D eigenvalue weighted by Gasteiger charge is 2.04. The van der Waals surface area contributed by atoms with E-state index < -0.39 is 0 Å². The second kappa shape index (κ2) is 4.49. The lowest BCUT2D eigenvalue weighted by Gasteiger charge is -2.06. The van der Waals surface area contributed by atoms with Crippen LogP contribution in [-0.2, 0) is 0 Å². The number of anilines is 1. The highest BCUT2D eigenvalue weighted by Crippen LogP contribution is 2.28. The van der Waals surface area contributed by atoms with E-state index in [9.17, 15) is 0 Å². The van der Waals surface area contributed by atoms with Crippen LogP contribution in [0.2, 0.25) is 0 Å². The Balaban J connectivity index is 2.23. The van der Waals surface area contributed by atoms with Crippen LogP contribution >= 0.6 is 15.9 Å². The molecule has 2 rings (SSSR count). The van der Waals surface area contributed by atoms with Crippen LogP contribution in [0.3, 0.4) is 0 Å². The second-order valence-electron chi connectivity index (χ2n) is 3.33. The summed E-state index contributed by atoms with van der Waals surface area (Å²) < 4.78 is 6.36. The van der Waals surface area contributed by atoms with Crippen molar-refractivity contribution in [2.75, 3.05) is 5.73 Å². The maximum absolute atomic E-state index is 5.49. The van der Waals surface area contributed by atoms with E-state index in [1.54, 1.807) is 0 Å². The van der Waals surface area contributed by atoms with E-state index in [1.807, 2.05) is 25.1 Å². The Bertz CT molecular complexity index is 499. The first-order chi connectivity index (χ1) is 7.65. The van der Waals surface area contributed by atoms with Crippen LogP contribution in [0.4, 0.5) is 5.69 Å². The van der Waals surface area contributed by atoms with Gasteiger partial charge in [0.15, 0.2) is 0 Å². The smallest absolute Gasteiger partial charge is 0.322 e. The molecule has 0 aliphatic carbocycles. The molecular weight excluding hydrogens is 270 g/mol. The third kappa shape index (κ3) is 2.49. The number of benzene rings is 1. The quantitative estimate of drug-likeness (QED) is 0.918. The van der Waals surface area contributed by atoms with Gasteiger partial charge in [-0.25, -0.2) is 9.97 Å². The molecule has 82 valence electrons. The number of halogens is 1. The molecule has 0 bridgehead atoms. The van der Waals surface area contributed by atoms with Crippen LogP contribution in [0.25, 0.3) is 0 Å². The van der Waals surface area contributed by atoms with Crippen LogP contribution in [0, 0.1) is 6.92 Å². The minimum Gasteiger partial charge on any atom is -0.423 e. The summed E-state index contributed by atoms with van der Waals surface area (Å²) in [6.07, 6.45) is 3.01. The maximum atomic E-state index is 5.49. The summed E-state index contributed by atoms with van der Waals surface area (Å²) in [7, 11) is 0. The van der Waals surface area contributed by atoms with Crippen molar-refractivity contribution in [1.82, 2.24) is 9.97 Å². The zero-order valence-corrected chi connectivity index (χ0v) is 10.2. The molecule has 0 aliphatic heterocycles. The Morgan fingerprint density at radius 1 is 1.25 bits per heavy atom. The molecule has 0 amide bonds. The van der Waals surface area contributed by atoms with Crippen LogP contribution in [0.1, 0.15) is 5.56 Å². The normalized spacial score (nSPS) is 10.1. The minimum atomic E-state index is 0.277. The molecule has 0 aliphatic rings. The fourth-order valence-electron chi connectivity index (χ4n) is 1.17. The lowest BCUT2D eigenvalue weighted by molar-refractivity contribution is 0.439. The van der Waals surface area contributed by atoms with Gasteiger partial charge in [-0.15, -0.1) is 0 Å². The lowest BCUT2D eigenvalue weighted by atomic mass is 10.2. The average Bonchev–Trinajstić information content (AvgIpc) is 2.25. The Hall–Kier alpha value is -1.62. The van der Waals surface area contributed by atoms with Gasteiger partial charge in [-0.05, 0) is 40.5 Å². The number of hydrogen-bond donors (Lipinski definition) is 1. The van der Waals surface area contributed by atoms with Gasteiger partial charge in [0.2, 0.25) is 0 Å². The topological polar surface area (TPSA) is 61.0 Å². The van der Waals surface area contributed by atoms with Crippen molar-refractivity contribution in [2.24, 2.45) is 0 Å². The van der Waals surface area contributed by atoms with Gasteiger partial charge in [0.1, 0.15) is 5.75 Å². The fourth-order valence-corrected chi connectivity index (χ4v) is 1.74. The van der Waals surface area contributed by atoms with E-state index in [0.29, 0.717) is 11.4 Å². The molecule has 0 fully saturated rings. The summed E-state index contributed by atoms with van der Waals surface area (Å²) in [5.74, 6) is 0.676. The molecule has 0 radical (unpaired) electrons. The number of hydrogen-bond acceptors (Lipinski definition) is 4. The molecule has 1 heterocycles. The van der Waals surface area contributed by atoms with E-state index in [0.717, 1.165) is 10.0 Å². The molecule has 0 spiro atoms. The van der Waals surface area contributed by atoms with Gasteiger partial charge in [-0.3, -0.25) is 0 Å². The van der Waals surface area contributed by atoms with Crippen LogP contribution in [0.5, 0.6) is 11.8 Å². The van der Waals surface area contributed by atoms with Crippen molar-refractivity contribution in [3.63, 3.8) is 0 Å². The van der Waals surface area contributed by atoms with Gasteiger partial charge in [0.25, 0.3) is 0 Å². The molecule has 0 saturated carbocycles. The SMILES string of the molecule is Cc1ccc(Oc2ncc(N)cn2)c(Br)c1. The van der Waals surface area contributed by atoms with E-state index in [1.165, 1.54) is 12.4 Å². The number of nitrogens with two attached hydrogens (primary N) is 1. The number of aromatic nitrogens is 2. The van der Waals surface area contributed by atoms with Crippen molar-refractivity contribution in [3.8, 4) is 11.8 Å². The highest BCUT2D eigenvalue weighted by molar-refractivity contribution is 9.10. The predicted octanol–water partition coefficient (Wildman–Crippen LogP) is 2.92. The largest absolute Gasteiger partial charge is 0.423 e. The Labute approximate surface area is 102 Å². The molecule has 0 saturated heterocycles. The van der Waals surface area contributed by atoms with Crippen LogP contribution in [0.15, 0.2) is 35.1 Å².